The van der Waals surface area contributed by atoms with Crippen LogP contribution in [0.3, 0.4) is 0 Å². The Kier molecular flexibility index (Phi) is 7.22. The molecule has 0 saturated heterocycles. The minimum atomic E-state index is 0.615. The van der Waals surface area contributed by atoms with Crippen molar-refractivity contribution in [3.8, 4) is 0 Å². The molecule has 0 radical (unpaired) electrons. The van der Waals surface area contributed by atoms with Gasteiger partial charge in [-0.3, -0.25) is 0 Å². The topological polar surface area (TPSA) is 6.48 Å². The van der Waals surface area contributed by atoms with E-state index in [4.69, 9.17) is 0 Å². The molecule has 1 aliphatic rings. The molecule has 0 spiro atoms. The highest BCUT2D eigenvalue weighted by atomic mass is 15.4. The molecule has 0 aromatic heterocycles. The molecule has 1 unspecified atom stereocenters. The Morgan fingerprint density at radius 1 is 0.944 bits per heavy atom. The molecule has 0 aromatic rings. The molecule has 1 heterocycles. The molecular formula is C16H32N2. The molecular weight excluding hydrogens is 220 g/mol. The van der Waals surface area contributed by atoms with Crippen LogP contribution in [0.5, 0.6) is 0 Å². The molecule has 2 heteroatoms. The SMILES string of the molecule is CCCCCCC1N(CCCC)C=CN1C(C)C. The van der Waals surface area contributed by atoms with Gasteiger partial charge in [0.25, 0.3) is 0 Å². The van der Waals surface area contributed by atoms with Crippen molar-refractivity contribution in [2.45, 2.75) is 84.8 Å². The van der Waals surface area contributed by atoms with Gasteiger partial charge in [0, 0.05) is 25.0 Å². The summed E-state index contributed by atoms with van der Waals surface area (Å²) in [5.74, 6) is 0. The highest BCUT2D eigenvalue weighted by Gasteiger charge is 2.26. The zero-order chi connectivity index (χ0) is 13.4. The molecule has 0 saturated carbocycles. The Balaban J connectivity index is 2.43. The Morgan fingerprint density at radius 3 is 2.28 bits per heavy atom. The number of unbranched alkanes of at least 4 members (excludes halogenated alkanes) is 4. The molecule has 0 aromatic carbocycles. The van der Waals surface area contributed by atoms with Crippen molar-refractivity contribution in [1.29, 1.82) is 0 Å². The van der Waals surface area contributed by atoms with Crippen molar-refractivity contribution in [1.82, 2.24) is 9.80 Å². The zero-order valence-electron chi connectivity index (χ0n) is 12.9. The summed E-state index contributed by atoms with van der Waals surface area (Å²) in [6, 6.07) is 0.615. The van der Waals surface area contributed by atoms with E-state index in [0.717, 1.165) is 0 Å². The van der Waals surface area contributed by atoms with E-state index in [1.165, 1.54) is 51.5 Å². The first-order chi connectivity index (χ1) is 8.70. The van der Waals surface area contributed by atoms with Crippen molar-refractivity contribution in [3.05, 3.63) is 12.4 Å². The Bertz CT molecular complexity index is 235. The van der Waals surface area contributed by atoms with Crippen LogP contribution in [0.1, 0.15) is 72.6 Å². The standard InChI is InChI=1S/C16H32N2/c1-5-7-9-10-11-16-17(12-8-6-2)13-14-18(16)15(3)4/h13-16H,5-12H2,1-4H3. The van der Waals surface area contributed by atoms with Gasteiger partial charge in [0.15, 0.2) is 0 Å². The van der Waals surface area contributed by atoms with Crippen LogP contribution in [0.2, 0.25) is 0 Å². The van der Waals surface area contributed by atoms with E-state index in [2.05, 4.69) is 49.9 Å². The number of rotatable bonds is 9. The Labute approximate surface area is 114 Å². The third-order valence-electron chi connectivity index (χ3n) is 3.84. The molecule has 0 amide bonds. The molecule has 1 atom stereocenters. The molecule has 0 bridgehead atoms. The molecule has 0 N–H and O–H groups in total. The first-order valence-electron chi connectivity index (χ1n) is 7.92. The molecule has 1 aliphatic heterocycles. The summed E-state index contributed by atoms with van der Waals surface area (Å²) in [6.07, 6.45) is 14.6. The van der Waals surface area contributed by atoms with Crippen molar-refractivity contribution >= 4 is 0 Å². The van der Waals surface area contributed by atoms with Gasteiger partial charge in [0.05, 0.1) is 0 Å². The van der Waals surface area contributed by atoms with Gasteiger partial charge < -0.3 is 9.80 Å². The van der Waals surface area contributed by atoms with Crippen LogP contribution in [0, 0.1) is 0 Å². The van der Waals surface area contributed by atoms with Gasteiger partial charge in [-0.25, -0.2) is 0 Å². The maximum atomic E-state index is 2.55. The van der Waals surface area contributed by atoms with E-state index in [1.807, 2.05) is 0 Å². The summed E-state index contributed by atoms with van der Waals surface area (Å²) in [7, 11) is 0. The van der Waals surface area contributed by atoms with Crippen molar-refractivity contribution in [2.75, 3.05) is 6.54 Å². The number of nitrogens with zero attached hydrogens (tertiary/aromatic N) is 2. The molecule has 18 heavy (non-hydrogen) atoms. The normalized spacial score (nSPS) is 19.3. The monoisotopic (exact) mass is 252 g/mol. The zero-order valence-corrected chi connectivity index (χ0v) is 12.9. The van der Waals surface area contributed by atoms with E-state index in [0.29, 0.717) is 12.2 Å². The second-order valence-electron chi connectivity index (χ2n) is 5.76. The van der Waals surface area contributed by atoms with Gasteiger partial charge >= 0.3 is 0 Å². The molecule has 106 valence electrons. The number of hydrogen-bond donors (Lipinski definition) is 0. The third kappa shape index (κ3) is 4.55. The van der Waals surface area contributed by atoms with Crippen molar-refractivity contribution < 1.29 is 0 Å². The van der Waals surface area contributed by atoms with E-state index in [1.54, 1.807) is 0 Å². The molecule has 2 nitrogen and oxygen atoms in total. The van der Waals surface area contributed by atoms with Gasteiger partial charge in [-0.05, 0) is 33.1 Å². The minimum Gasteiger partial charge on any atom is -0.356 e. The first-order valence-corrected chi connectivity index (χ1v) is 7.92. The van der Waals surface area contributed by atoms with Crippen LogP contribution in [0.4, 0.5) is 0 Å². The lowest BCUT2D eigenvalue weighted by atomic mass is 10.1. The summed E-state index contributed by atoms with van der Waals surface area (Å²) in [5.41, 5.74) is 0. The van der Waals surface area contributed by atoms with Gasteiger partial charge in [-0.1, -0.05) is 39.5 Å². The van der Waals surface area contributed by atoms with E-state index in [9.17, 15) is 0 Å². The van der Waals surface area contributed by atoms with Crippen LogP contribution < -0.4 is 0 Å². The second-order valence-corrected chi connectivity index (χ2v) is 5.76. The van der Waals surface area contributed by atoms with E-state index >= 15 is 0 Å². The molecule has 0 aliphatic carbocycles. The predicted octanol–water partition coefficient (Wildman–Crippen LogP) is 4.58. The highest BCUT2D eigenvalue weighted by Crippen LogP contribution is 2.24. The smallest absolute Gasteiger partial charge is 0.101 e. The van der Waals surface area contributed by atoms with Gasteiger partial charge in [0.1, 0.15) is 6.17 Å². The molecule has 0 fully saturated rings. The average Bonchev–Trinajstić information content (AvgIpc) is 2.75. The van der Waals surface area contributed by atoms with Crippen molar-refractivity contribution in [2.24, 2.45) is 0 Å². The largest absolute Gasteiger partial charge is 0.356 e. The Morgan fingerprint density at radius 2 is 1.67 bits per heavy atom. The van der Waals surface area contributed by atoms with E-state index < -0.39 is 0 Å². The Hall–Kier alpha value is -0.660. The molecule has 1 rings (SSSR count). The van der Waals surface area contributed by atoms with E-state index in [-0.39, 0.29) is 0 Å². The summed E-state index contributed by atoms with van der Waals surface area (Å²) >= 11 is 0. The van der Waals surface area contributed by atoms with Crippen LogP contribution >= 0.6 is 0 Å². The third-order valence-corrected chi connectivity index (χ3v) is 3.84. The maximum absolute atomic E-state index is 2.55. The maximum Gasteiger partial charge on any atom is 0.101 e. The lowest BCUT2D eigenvalue weighted by Crippen LogP contribution is -2.42. The second kappa shape index (κ2) is 8.44. The predicted molar refractivity (Wildman–Crippen MR) is 80.3 cm³/mol. The van der Waals surface area contributed by atoms with Crippen molar-refractivity contribution in [3.63, 3.8) is 0 Å². The summed E-state index contributed by atoms with van der Waals surface area (Å²) < 4.78 is 0. The minimum absolute atomic E-state index is 0.615. The van der Waals surface area contributed by atoms with Crippen LogP contribution in [0.15, 0.2) is 12.4 Å². The summed E-state index contributed by atoms with van der Waals surface area (Å²) in [6.45, 7) is 10.4. The van der Waals surface area contributed by atoms with Gasteiger partial charge in [-0.2, -0.15) is 0 Å². The lowest BCUT2D eigenvalue weighted by molar-refractivity contribution is 0.114. The van der Waals surface area contributed by atoms with Crippen LogP contribution in [-0.2, 0) is 0 Å². The fourth-order valence-corrected chi connectivity index (χ4v) is 2.68. The highest BCUT2D eigenvalue weighted by molar-refractivity contribution is 4.98. The lowest BCUT2D eigenvalue weighted by Gasteiger charge is -2.35. The quantitative estimate of drug-likeness (QED) is 0.554. The van der Waals surface area contributed by atoms with Crippen LogP contribution in [-0.4, -0.2) is 28.6 Å². The average molecular weight is 252 g/mol. The first kappa shape index (κ1) is 15.4. The van der Waals surface area contributed by atoms with Crippen LogP contribution in [0.25, 0.3) is 0 Å². The fraction of sp³-hybridized carbons (Fsp3) is 0.875. The number of hydrogen-bond acceptors (Lipinski definition) is 2. The van der Waals surface area contributed by atoms with Gasteiger partial charge in [0.2, 0.25) is 0 Å². The van der Waals surface area contributed by atoms with Gasteiger partial charge in [-0.15, -0.1) is 0 Å². The fourth-order valence-electron chi connectivity index (χ4n) is 2.68. The summed E-state index contributed by atoms with van der Waals surface area (Å²) in [5, 5.41) is 0. The summed E-state index contributed by atoms with van der Waals surface area (Å²) in [4.78, 5) is 5.08.